The maximum absolute atomic E-state index is 12.1. The number of rotatable bonds is 16. The summed E-state index contributed by atoms with van der Waals surface area (Å²) < 4.78 is 16.7. The Hall–Kier alpha value is -1.52. The van der Waals surface area contributed by atoms with Crippen molar-refractivity contribution in [1.29, 1.82) is 0 Å². The van der Waals surface area contributed by atoms with Crippen molar-refractivity contribution in [2.45, 2.75) is 115 Å². The van der Waals surface area contributed by atoms with E-state index in [0.717, 1.165) is 32.1 Å². The van der Waals surface area contributed by atoms with Gasteiger partial charge in [0.1, 0.15) is 6.10 Å². The number of carbonyl (C=O) groups is 2. The molecule has 4 N–H and O–H groups in total. The summed E-state index contributed by atoms with van der Waals surface area (Å²) in [6.45, 7) is 6.07. The third kappa shape index (κ3) is 10.6. The van der Waals surface area contributed by atoms with Gasteiger partial charge >= 0.3 is 11.9 Å². The number of esters is 1. The van der Waals surface area contributed by atoms with E-state index < -0.39 is 36.4 Å². The molecule has 2 rings (SSSR count). The van der Waals surface area contributed by atoms with Gasteiger partial charge in [0.25, 0.3) is 0 Å². The molecule has 0 aromatic rings. The number of carboxylic acid groups (broad SMARTS) is 1. The number of unbranched alkanes of at least 4 members (excludes halogenated alkanes) is 5. The van der Waals surface area contributed by atoms with Gasteiger partial charge in [0, 0.05) is 24.3 Å². The molecule has 0 radical (unpaired) electrons. The van der Waals surface area contributed by atoms with E-state index in [0.29, 0.717) is 38.0 Å². The lowest BCUT2D eigenvalue weighted by atomic mass is 9.85. The van der Waals surface area contributed by atoms with Crippen LogP contribution in [0.1, 0.15) is 78.6 Å². The smallest absolute Gasteiger partial charge is 0.330 e. The van der Waals surface area contributed by atoms with Gasteiger partial charge < -0.3 is 34.6 Å². The van der Waals surface area contributed by atoms with Gasteiger partial charge in [-0.25, -0.2) is 4.79 Å². The monoisotopic (exact) mass is 500 g/mol. The van der Waals surface area contributed by atoms with Crippen LogP contribution in [-0.4, -0.2) is 82.2 Å². The van der Waals surface area contributed by atoms with Crippen LogP contribution in [0.3, 0.4) is 0 Å². The van der Waals surface area contributed by atoms with Gasteiger partial charge in [-0.15, -0.1) is 0 Å². The molecule has 2 fully saturated rings. The lowest BCUT2D eigenvalue weighted by Gasteiger charge is -2.38. The highest BCUT2D eigenvalue weighted by Crippen LogP contribution is 2.38. The zero-order chi connectivity index (χ0) is 26.0. The van der Waals surface area contributed by atoms with Crippen molar-refractivity contribution in [1.82, 2.24) is 0 Å². The van der Waals surface area contributed by atoms with Crippen LogP contribution in [0.25, 0.3) is 0 Å². The maximum Gasteiger partial charge on any atom is 0.330 e. The fourth-order valence-electron chi connectivity index (χ4n) is 4.59. The molecule has 202 valence electrons. The number of hydrogen-bond donors (Lipinski definition) is 4. The van der Waals surface area contributed by atoms with E-state index in [1.807, 2.05) is 6.92 Å². The van der Waals surface area contributed by atoms with Crippen molar-refractivity contribution in [2.24, 2.45) is 11.8 Å². The molecular formula is C26H44O9. The highest BCUT2D eigenvalue weighted by molar-refractivity contribution is 5.82. The molecule has 8 atom stereocenters. The summed E-state index contributed by atoms with van der Waals surface area (Å²) in [5, 5.41) is 39.5. The van der Waals surface area contributed by atoms with Gasteiger partial charge in [-0.2, -0.15) is 0 Å². The van der Waals surface area contributed by atoms with E-state index in [-0.39, 0.29) is 30.5 Å². The van der Waals surface area contributed by atoms with Crippen molar-refractivity contribution >= 4 is 11.9 Å². The molecule has 0 unspecified atom stereocenters. The molecule has 0 saturated carbocycles. The molecule has 9 heteroatoms. The first kappa shape index (κ1) is 29.7. The Morgan fingerprint density at radius 2 is 1.69 bits per heavy atom. The summed E-state index contributed by atoms with van der Waals surface area (Å²) in [6.07, 6.45) is 4.61. The van der Waals surface area contributed by atoms with Gasteiger partial charge in [-0.05, 0) is 39.5 Å². The zero-order valence-corrected chi connectivity index (χ0v) is 21.3. The Kier molecular flexibility index (Phi) is 12.6. The van der Waals surface area contributed by atoms with Crippen LogP contribution in [0.15, 0.2) is 11.6 Å². The van der Waals surface area contributed by atoms with E-state index in [4.69, 9.17) is 19.3 Å². The minimum absolute atomic E-state index is 0.0160. The quantitative estimate of drug-likeness (QED) is 0.109. The molecule has 0 amide bonds. The number of epoxide rings is 1. The Balaban J connectivity index is 1.62. The van der Waals surface area contributed by atoms with Gasteiger partial charge in [-0.3, -0.25) is 4.79 Å². The third-order valence-corrected chi connectivity index (χ3v) is 7.09. The SMILES string of the molecule is C/C(=C\C(=O)OCCCCCCCCC(=O)O)C[C@H]1OC[C@@H](C[C@@H]2O[C@H]2[C@@H](C)[C@@H](C)O)[C@@H](O)[C@H]1O. The molecule has 0 aliphatic carbocycles. The van der Waals surface area contributed by atoms with Crippen LogP contribution in [0.5, 0.6) is 0 Å². The summed E-state index contributed by atoms with van der Waals surface area (Å²) in [7, 11) is 0. The topological polar surface area (TPSA) is 146 Å². The van der Waals surface area contributed by atoms with Crippen molar-refractivity contribution in [3.8, 4) is 0 Å². The molecule has 2 aliphatic heterocycles. The second-order valence-electron chi connectivity index (χ2n) is 10.2. The second kappa shape index (κ2) is 14.9. The highest BCUT2D eigenvalue weighted by atomic mass is 16.6. The first-order valence-electron chi connectivity index (χ1n) is 13.0. The lowest BCUT2D eigenvalue weighted by molar-refractivity contribution is -0.165. The molecular weight excluding hydrogens is 456 g/mol. The summed E-state index contributed by atoms with van der Waals surface area (Å²) in [5.41, 5.74) is 0.708. The van der Waals surface area contributed by atoms with E-state index in [1.165, 1.54) is 6.08 Å². The molecule has 2 heterocycles. The zero-order valence-electron chi connectivity index (χ0n) is 21.3. The van der Waals surface area contributed by atoms with Crippen molar-refractivity contribution in [3.05, 3.63) is 11.6 Å². The van der Waals surface area contributed by atoms with Crippen molar-refractivity contribution in [3.63, 3.8) is 0 Å². The predicted molar refractivity (Wildman–Crippen MR) is 129 cm³/mol. The molecule has 9 nitrogen and oxygen atoms in total. The van der Waals surface area contributed by atoms with Crippen LogP contribution in [0.2, 0.25) is 0 Å². The van der Waals surface area contributed by atoms with E-state index >= 15 is 0 Å². The van der Waals surface area contributed by atoms with Gasteiger partial charge in [0.2, 0.25) is 0 Å². The first-order valence-corrected chi connectivity index (χ1v) is 13.0. The highest BCUT2D eigenvalue weighted by Gasteiger charge is 2.48. The summed E-state index contributed by atoms with van der Waals surface area (Å²) in [5.74, 6) is -1.42. The Bertz CT molecular complexity index is 692. The first-order chi connectivity index (χ1) is 16.6. The van der Waals surface area contributed by atoms with Gasteiger partial charge in [-0.1, -0.05) is 38.2 Å². The lowest BCUT2D eigenvalue weighted by Crippen LogP contribution is -2.50. The average molecular weight is 501 g/mol. The fraction of sp³-hybridized carbons (Fsp3) is 0.846. The second-order valence-corrected chi connectivity index (χ2v) is 10.2. The van der Waals surface area contributed by atoms with Crippen LogP contribution < -0.4 is 0 Å². The van der Waals surface area contributed by atoms with E-state index in [9.17, 15) is 24.9 Å². The summed E-state index contributed by atoms with van der Waals surface area (Å²) in [6, 6.07) is 0. The minimum Gasteiger partial charge on any atom is -0.481 e. The minimum atomic E-state index is -1.06. The summed E-state index contributed by atoms with van der Waals surface area (Å²) >= 11 is 0. The number of aliphatic hydroxyl groups excluding tert-OH is 3. The standard InChI is InChI=1S/C26H44O9/c1-16(13-23(30)33-11-9-7-5-4-6-8-10-22(28)29)12-20-25(32)24(31)19(15-34-20)14-21-26(35-21)17(2)18(3)27/h13,17-21,24-27,31-32H,4-12,14-15H2,1-3H3,(H,28,29)/b16-13+/t17-,18+,19+,20+,21-,24+,25-,26-/m0/s1. The maximum atomic E-state index is 12.1. The number of aliphatic carboxylic acids is 1. The van der Waals surface area contributed by atoms with Crippen molar-refractivity contribution < 1.29 is 44.2 Å². The third-order valence-electron chi connectivity index (χ3n) is 7.09. The van der Waals surface area contributed by atoms with Crippen LogP contribution in [0, 0.1) is 11.8 Å². The number of ether oxygens (including phenoxy) is 3. The molecule has 0 aromatic heterocycles. The fourth-order valence-corrected chi connectivity index (χ4v) is 4.59. The molecule has 35 heavy (non-hydrogen) atoms. The average Bonchev–Trinajstić information content (AvgIpc) is 3.55. The summed E-state index contributed by atoms with van der Waals surface area (Å²) in [4.78, 5) is 22.5. The number of aliphatic hydroxyl groups is 3. The van der Waals surface area contributed by atoms with Crippen LogP contribution in [0.4, 0.5) is 0 Å². The Morgan fingerprint density at radius 1 is 1.03 bits per heavy atom. The molecule has 2 aliphatic rings. The number of carbonyl (C=O) groups excluding carboxylic acids is 1. The number of hydrogen-bond acceptors (Lipinski definition) is 8. The molecule has 0 bridgehead atoms. The molecule has 0 spiro atoms. The van der Waals surface area contributed by atoms with Gasteiger partial charge in [0.15, 0.2) is 0 Å². The normalized spacial score (nSPS) is 30.5. The number of carboxylic acids is 1. The Morgan fingerprint density at radius 3 is 2.34 bits per heavy atom. The largest absolute Gasteiger partial charge is 0.481 e. The predicted octanol–water partition coefficient (Wildman–Crippen LogP) is 2.59. The van der Waals surface area contributed by atoms with Gasteiger partial charge in [0.05, 0.1) is 43.7 Å². The van der Waals surface area contributed by atoms with Crippen LogP contribution >= 0.6 is 0 Å². The van der Waals surface area contributed by atoms with Crippen LogP contribution in [-0.2, 0) is 23.8 Å². The molecule has 2 saturated heterocycles. The van der Waals surface area contributed by atoms with Crippen molar-refractivity contribution in [2.75, 3.05) is 13.2 Å². The van der Waals surface area contributed by atoms with E-state index in [2.05, 4.69) is 0 Å². The molecule has 0 aromatic carbocycles. The Labute approximate surface area is 208 Å². The van der Waals surface area contributed by atoms with E-state index in [1.54, 1.807) is 13.8 Å².